The number of nitrogens with one attached hydrogen (secondary N) is 2. The largest absolute Gasteiger partial charge is 0.411 e. The quantitative estimate of drug-likeness (QED) is 0.0963. The van der Waals surface area contributed by atoms with Gasteiger partial charge in [-0.2, -0.15) is 28.5 Å². The zero-order chi connectivity index (χ0) is 47.7. The van der Waals surface area contributed by atoms with E-state index < -0.39 is 61.0 Å². The van der Waals surface area contributed by atoms with E-state index in [1.807, 2.05) is 18.2 Å². The number of imide groups is 1. The Kier molecular flexibility index (Phi) is 13.4. The predicted octanol–water partition coefficient (Wildman–Crippen LogP) is 5.60. The summed E-state index contributed by atoms with van der Waals surface area (Å²) in [6, 6.07) is 4.64. The number of rotatable bonds is 11. The molecule has 4 atom stereocenters. The third-order valence-electron chi connectivity index (χ3n) is 13.1. The van der Waals surface area contributed by atoms with Crippen molar-refractivity contribution in [3.05, 3.63) is 65.4 Å². The van der Waals surface area contributed by atoms with Gasteiger partial charge in [-0.3, -0.25) is 34.0 Å². The van der Waals surface area contributed by atoms with Crippen LogP contribution in [0.25, 0.3) is 16.6 Å². The molecule has 1 saturated carbocycles. The number of halogens is 6. The number of morpholine rings is 1. The molecule has 1 unspecified atom stereocenters. The number of hydrogen-bond donors (Lipinski definition) is 2. The molecule has 0 bridgehead atoms. The number of terminal acetylenes is 1. The van der Waals surface area contributed by atoms with E-state index in [1.165, 1.54) is 33.9 Å². The number of amides is 3. The molecule has 4 fully saturated rings. The molecule has 0 radical (unpaired) electrons. The Labute approximate surface area is 385 Å². The molecule has 4 aromatic heterocycles. The van der Waals surface area contributed by atoms with Crippen molar-refractivity contribution in [1.29, 1.82) is 0 Å². The Morgan fingerprint density at radius 2 is 1.90 bits per heavy atom. The van der Waals surface area contributed by atoms with Crippen molar-refractivity contribution in [3.63, 3.8) is 0 Å². The van der Waals surface area contributed by atoms with Gasteiger partial charge in [0.15, 0.2) is 11.3 Å². The van der Waals surface area contributed by atoms with Gasteiger partial charge in [0.1, 0.15) is 36.7 Å². The average Bonchev–Trinajstić information content (AvgIpc) is 4.04. The molecule has 4 aliphatic rings. The molecule has 3 aliphatic heterocycles. The number of likely N-dealkylation sites (tertiary alicyclic amines) is 1. The Morgan fingerprint density at radius 3 is 2.65 bits per heavy atom. The Bertz CT molecular complexity index is 2800. The maximum absolute atomic E-state index is 15.5. The lowest BCUT2D eigenvalue weighted by atomic mass is 9.85. The monoisotopic (exact) mass is 947 g/mol. The molecule has 3 saturated heterocycles. The van der Waals surface area contributed by atoms with Crippen LogP contribution in [0.4, 0.5) is 37.8 Å². The van der Waals surface area contributed by atoms with Gasteiger partial charge in [0.2, 0.25) is 11.8 Å². The number of piperidine rings is 2. The van der Waals surface area contributed by atoms with E-state index in [1.54, 1.807) is 4.68 Å². The van der Waals surface area contributed by atoms with Crippen LogP contribution in [0.5, 0.6) is 0 Å². The van der Waals surface area contributed by atoms with Crippen LogP contribution in [0, 0.1) is 30.1 Å². The van der Waals surface area contributed by atoms with E-state index in [0.717, 1.165) is 17.7 Å². The van der Waals surface area contributed by atoms with Crippen molar-refractivity contribution >= 4 is 45.8 Å². The molecule has 3 amide bonds. The highest BCUT2D eigenvalue weighted by atomic mass is 19.4. The highest BCUT2D eigenvalue weighted by molar-refractivity contribution is 6.08. The number of para-hydroxylation sites is 1. The highest BCUT2D eigenvalue weighted by Crippen LogP contribution is 2.37. The molecule has 16 nitrogen and oxygen atoms in total. The lowest BCUT2D eigenvalue weighted by Crippen LogP contribution is -2.54. The number of fused-ring (bicyclic) bond motifs is 2. The standard InChI is InChI=1S/C46H47F6N11O5/c1-2-16-61-41-28(5-3-7-30(41)39(57-61)31-12-13-38(64)56-44(31)65)6-4-20-68-35-14-17-59(24-33(35)47)23-27-8-10-29(11-9-27)63-25-34(40(58-63)42(48)49)54-45(66)32-22-53-62-18-15-37(55-43(32)62)60-19-21-67-26-36(60)46(50,51)52/h1,3,5,7,15,18,22,25,27,29,31,33,35-36,42H,8-14,16-17,19-21,23-24,26H2,(H,54,66)(H,56,64,65)/t27?,29?,31?,33-,35+,36-/m0/s1. The summed E-state index contributed by atoms with van der Waals surface area (Å²) < 4.78 is 101. The van der Waals surface area contributed by atoms with Crippen LogP contribution < -0.4 is 15.5 Å². The molecular formula is C46H47F6N11O5. The highest BCUT2D eigenvalue weighted by Gasteiger charge is 2.46. The number of hydrogen-bond acceptors (Lipinski definition) is 11. The van der Waals surface area contributed by atoms with Crippen LogP contribution in [0.2, 0.25) is 0 Å². The second-order valence-electron chi connectivity index (χ2n) is 17.4. The van der Waals surface area contributed by atoms with Gasteiger partial charge in [0.25, 0.3) is 12.3 Å². The molecule has 358 valence electrons. The smallest absolute Gasteiger partial charge is 0.377 e. The van der Waals surface area contributed by atoms with E-state index >= 15 is 4.39 Å². The first-order chi connectivity index (χ1) is 32.7. The van der Waals surface area contributed by atoms with Crippen molar-refractivity contribution in [2.45, 2.75) is 94.4 Å². The van der Waals surface area contributed by atoms with Gasteiger partial charge in [0, 0.05) is 50.4 Å². The maximum atomic E-state index is 15.5. The fourth-order valence-corrected chi connectivity index (χ4v) is 9.68. The summed E-state index contributed by atoms with van der Waals surface area (Å²) in [7, 11) is 0. The van der Waals surface area contributed by atoms with E-state index in [2.05, 4.69) is 53.6 Å². The number of anilines is 2. The fraction of sp³-hybridized carbons (Fsp3) is 0.500. The molecule has 22 heteroatoms. The average molecular weight is 948 g/mol. The number of carbonyl (C=O) groups excluding carboxylic acids is 3. The number of nitrogens with zero attached hydrogens (tertiary/aromatic N) is 9. The Hall–Kier alpha value is -6.49. The third-order valence-corrected chi connectivity index (χ3v) is 13.1. The zero-order valence-corrected chi connectivity index (χ0v) is 36.6. The second-order valence-corrected chi connectivity index (χ2v) is 17.4. The number of alkyl halides is 6. The van der Waals surface area contributed by atoms with E-state index in [4.69, 9.17) is 15.9 Å². The molecule has 0 spiro atoms. The number of carbonyl (C=O) groups is 3. The molecular weight excluding hydrogens is 901 g/mol. The van der Waals surface area contributed by atoms with Crippen molar-refractivity contribution in [2.75, 3.05) is 56.2 Å². The van der Waals surface area contributed by atoms with Crippen LogP contribution in [-0.2, 0) is 25.6 Å². The maximum Gasteiger partial charge on any atom is 0.411 e. The van der Waals surface area contributed by atoms with Crippen LogP contribution >= 0.6 is 0 Å². The first kappa shape index (κ1) is 46.6. The molecule has 1 aliphatic carbocycles. The minimum Gasteiger partial charge on any atom is -0.377 e. The summed E-state index contributed by atoms with van der Waals surface area (Å²) in [5, 5.41) is 18.5. The lowest BCUT2D eigenvalue weighted by molar-refractivity contribution is -0.167. The van der Waals surface area contributed by atoms with E-state index in [9.17, 15) is 36.3 Å². The van der Waals surface area contributed by atoms with E-state index in [0.29, 0.717) is 60.9 Å². The molecule has 5 aromatic rings. The summed E-state index contributed by atoms with van der Waals surface area (Å²) in [4.78, 5) is 45.4. The first-order valence-corrected chi connectivity index (χ1v) is 22.4. The number of ether oxygens (including phenoxy) is 2. The Balaban J connectivity index is 0.771. The SMILES string of the molecule is C#CCn1nc(C2CCC(=O)NC2=O)c2cccc(C#CCO[C@@H]3CCN(CC4CCC(n5cc(NC(=O)c6cnn7ccc(N8CCOC[C@H]8C(F)(F)F)nc67)c(C(F)F)n5)CC4)C[C@@H]3F)c21. The van der Waals surface area contributed by atoms with Crippen molar-refractivity contribution < 1.29 is 50.2 Å². The molecule has 68 heavy (non-hydrogen) atoms. The third kappa shape index (κ3) is 9.76. The van der Waals surface area contributed by atoms with Crippen molar-refractivity contribution in [3.8, 4) is 24.2 Å². The van der Waals surface area contributed by atoms with Gasteiger partial charge >= 0.3 is 6.18 Å². The number of benzene rings is 1. The van der Waals surface area contributed by atoms with Crippen molar-refractivity contribution in [1.82, 2.24) is 44.4 Å². The van der Waals surface area contributed by atoms with Gasteiger partial charge in [-0.15, -0.1) is 6.42 Å². The summed E-state index contributed by atoms with van der Waals surface area (Å²) >= 11 is 0. The minimum absolute atomic E-state index is 0.0103. The molecule has 2 N–H and O–H groups in total. The summed E-state index contributed by atoms with van der Waals surface area (Å²) in [6.07, 6.45) is 3.78. The zero-order valence-electron chi connectivity index (χ0n) is 36.6. The minimum atomic E-state index is -4.60. The van der Waals surface area contributed by atoms with Gasteiger partial charge in [0.05, 0.1) is 59.9 Å². The van der Waals surface area contributed by atoms with Crippen LogP contribution in [-0.4, -0.2) is 127 Å². The lowest BCUT2D eigenvalue weighted by Gasteiger charge is -2.38. The van der Waals surface area contributed by atoms with Crippen LogP contribution in [0.1, 0.15) is 90.6 Å². The van der Waals surface area contributed by atoms with Gasteiger partial charge < -0.3 is 19.7 Å². The van der Waals surface area contributed by atoms with Gasteiger partial charge in [-0.25, -0.2) is 22.7 Å². The fourth-order valence-electron chi connectivity index (χ4n) is 9.68. The summed E-state index contributed by atoms with van der Waals surface area (Å²) in [5.41, 5.74) is 0.800. The summed E-state index contributed by atoms with van der Waals surface area (Å²) in [5.74, 6) is 6.73. The van der Waals surface area contributed by atoms with Gasteiger partial charge in [-0.1, -0.05) is 29.9 Å². The predicted molar refractivity (Wildman–Crippen MR) is 233 cm³/mol. The second kappa shape index (κ2) is 19.6. The normalized spacial score (nSPS) is 23.9. The number of aromatic nitrogens is 7. The van der Waals surface area contributed by atoms with Crippen molar-refractivity contribution in [2.24, 2.45) is 5.92 Å². The van der Waals surface area contributed by atoms with Crippen LogP contribution in [0.15, 0.2) is 42.9 Å². The molecule has 9 rings (SSSR count). The topological polar surface area (TPSA) is 166 Å². The molecule has 1 aromatic carbocycles. The Morgan fingerprint density at radius 1 is 1.07 bits per heavy atom. The van der Waals surface area contributed by atoms with Crippen LogP contribution in [0.3, 0.4) is 0 Å². The first-order valence-electron chi connectivity index (χ1n) is 22.4. The van der Waals surface area contributed by atoms with Gasteiger partial charge in [-0.05, 0) is 56.6 Å². The van der Waals surface area contributed by atoms with E-state index in [-0.39, 0.29) is 79.9 Å². The summed E-state index contributed by atoms with van der Waals surface area (Å²) in [6.45, 7) is 0.992. The molecule has 7 heterocycles.